The molecule has 2 N–H and O–H groups in total. The third kappa shape index (κ3) is 5.53. The molecule has 1 atom stereocenters. The molecule has 2 aromatic carbocycles. The Bertz CT molecular complexity index is 1340. The van der Waals surface area contributed by atoms with Gasteiger partial charge in [-0.15, -0.1) is 0 Å². The third-order valence-corrected chi connectivity index (χ3v) is 5.79. The maximum absolute atomic E-state index is 14.8. The number of halogens is 5. The fraction of sp³-hybridized carbons (Fsp3) is 0.208. The van der Waals surface area contributed by atoms with E-state index in [4.69, 9.17) is 26.8 Å². The molecule has 0 aliphatic carbocycles. The van der Waals surface area contributed by atoms with E-state index in [1.54, 1.807) is 0 Å². The fourth-order valence-electron chi connectivity index (χ4n) is 3.58. The van der Waals surface area contributed by atoms with E-state index in [1.165, 1.54) is 12.1 Å². The number of imide groups is 1. The first-order valence-corrected chi connectivity index (χ1v) is 11.1. The highest BCUT2D eigenvalue weighted by atomic mass is 35.5. The molecular weight excluding hydrogens is 520 g/mol. The van der Waals surface area contributed by atoms with Crippen LogP contribution in [0.1, 0.15) is 12.0 Å². The molecule has 4 rings (SSSR count). The van der Waals surface area contributed by atoms with Crippen LogP contribution in [-0.2, 0) is 11.4 Å². The number of carbonyl (C=O) groups is 2. The molecule has 1 aliphatic rings. The van der Waals surface area contributed by atoms with Crippen LogP contribution in [0.4, 0.5) is 33.7 Å². The van der Waals surface area contributed by atoms with Crippen molar-refractivity contribution >= 4 is 34.9 Å². The van der Waals surface area contributed by atoms with Gasteiger partial charge in [0.05, 0.1) is 22.8 Å². The van der Waals surface area contributed by atoms with Crippen molar-refractivity contribution in [2.24, 2.45) is 0 Å². The zero-order chi connectivity index (χ0) is 26.9. The van der Waals surface area contributed by atoms with Gasteiger partial charge in [0.2, 0.25) is 17.7 Å². The molecule has 194 valence electrons. The smallest absolute Gasteiger partial charge is 0.409 e. The lowest BCUT2D eigenvalue weighted by Crippen LogP contribution is -2.60. The molecule has 0 spiro atoms. The first-order chi connectivity index (χ1) is 17.5. The van der Waals surface area contributed by atoms with Crippen LogP contribution in [0, 0.1) is 5.82 Å². The van der Waals surface area contributed by atoms with Crippen molar-refractivity contribution in [1.82, 2.24) is 9.88 Å². The number of nitrogen functional groups attached to an aromatic ring is 1. The predicted octanol–water partition coefficient (Wildman–Crippen LogP) is 5.55. The van der Waals surface area contributed by atoms with Crippen molar-refractivity contribution in [1.29, 1.82) is 0 Å². The van der Waals surface area contributed by atoms with Crippen LogP contribution >= 0.6 is 11.6 Å². The first-order valence-electron chi connectivity index (χ1n) is 10.7. The zero-order valence-corrected chi connectivity index (χ0v) is 19.9. The number of ether oxygens (including phenoxy) is 2. The van der Waals surface area contributed by atoms with Gasteiger partial charge in [0.25, 0.3) is 0 Å². The number of anilines is 2. The Morgan fingerprint density at radius 2 is 1.84 bits per heavy atom. The summed E-state index contributed by atoms with van der Waals surface area (Å²) in [5.41, 5.74) is 6.36. The van der Waals surface area contributed by atoms with Crippen LogP contribution in [0.15, 0.2) is 54.6 Å². The number of aromatic nitrogens is 1. The van der Waals surface area contributed by atoms with Crippen molar-refractivity contribution in [2.75, 3.05) is 17.7 Å². The Morgan fingerprint density at radius 3 is 2.51 bits per heavy atom. The van der Waals surface area contributed by atoms with E-state index in [0.29, 0.717) is 9.80 Å². The van der Waals surface area contributed by atoms with Gasteiger partial charge in [0, 0.05) is 19.2 Å². The predicted molar refractivity (Wildman–Crippen MR) is 126 cm³/mol. The molecule has 1 fully saturated rings. The van der Waals surface area contributed by atoms with Gasteiger partial charge in [-0.05, 0) is 17.7 Å². The minimum atomic E-state index is -4.83. The molecule has 1 aromatic heterocycles. The molecule has 3 aromatic rings. The number of nitrogens with two attached hydrogens (primary N) is 1. The van der Waals surface area contributed by atoms with E-state index in [-0.39, 0.29) is 34.8 Å². The SMILES string of the molecule is CN1C(=O)N(c2cc(Oc3ccc(N)c(OCc4ccccc4)n3)c(Cl)cc2F)C(=O)CC1C(F)(F)F. The average Bonchev–Trinajstić information content (AvgIpc) is 2.84. The normalized spacial score (nSPS) is 16.2. The lowest BCUT2D eigenvalue weighted by Gasteiger charge is -2.38. The maximum Gasteiger partial charge on any atom is 0.409 e. The second kappa shape index (κ2) is 10.1. The van der Waals surface area contributed by atoms with Gasteiger partial charge in [0.1, 0.15) is 24.2 Å². The van der Waals surface area contributed by atoms with Gasteiger partial charge in [-0.2, -0.15) is 18.2 Å². The molecule has 37 heavy (non-hydrogen) atoms. The number of amides is 3. The minimum Gasteiger partial charge on any atom is -0.471 e. The average molecular weight is 539 g/mol. The summed E-state index contributed by atoms with van der Waals surface area (Å²) in [5, 5.41) is -0.245. The van der Waals surface area contributed by atoms with Crippen LogP contribution in [0.3, 0.4) is 0 Å². The standard InChI is InChI=1S/C24H19ClF4N4O4/c1-32-19(24(27,28)29)11-21(34)33(23(32)35)17-10-18(14(25)9-15(17)26)37-20-8-7-16(30)22(31-20)36-12-13-5-3-2-4-6-13/h2-10,19H,11-12,30H2,1H3. The number of carbonyl (C=O) groups excluding carboxylic acids is 2. The molecule has 13 heteroatoms. The summed E-state index contributed by atoms with van der Waals surface area (Å²) in [6.07, 6.45) is -5.91. The van der Waals surface area contributed by atoms with Crippen LogP contribution in [-0.4, -0.2) is 41.1 Å². The van der Waals surface area contributed by atoms with Crippen molar-refractivity contribution < 1.29 is 36.6 Å². The van der Waals surface area contributed by atoms with E-state index >= 15 is 0 Å². The number of nitrogens with zero attached hydrogens (tertiary/aromatic N) is 3. The zero-order valence-electron chi connectivity index (χ0n) is 19.1. The van der Waals surface area contributed by atoms with Gasteiger partial charge >= 0.3 is 12.2 Å². The van der Waals surface area contributed by atoms with E-state index in [1.807, 2.05) is 30.3 Å². The minimum absolute atomic E-state index is 0.0426. The number of pyridine rings is 1. The van der Waals surface area contributed by atoms with Crippen molar-refractivity contribution in [3.8, 4) is 17.5 Å². The van der Waals surface area contributed by atoms with E-state index in [9.17, 15) is 27.2 Å². The summed E-state index contributed by atoms with van der Waals surface area (Å²) in [7, 11) is 0.875. The third-order valence-electron chi connectivity index (χ3n) is 5.50. The Kier molecular flexibility index (Phi) is 7.12. The molecule has 1 saturated heterocycles. The number of benzene rings is 2. The topological polar surface area (TPSA) is 98.0 Å². The number of alkyl halides is 3. The molecule has 1 aliphatic heterocycles. The summed E-state index contributed by atoms with van der Waals surface area (Å²) >= 11 is 6.09. The van der Waals surface area contributed by atoms with Crippen LogP contribution < -0.4 is 20.1 Å². The second-order valence-electron chi connectivity index (χ2n) is 8.04. The summed E-state index contributed by atoms with van der Waals surface area (Å²) < 4.78 is 65.7. The maximum atomic E-state index is 14.8. The number of hydrogen-bond acceptors (Lipinski definition) is 6. The molecule has 1 unspecified atom stereocenters. The quantitative estimate of drug-likeness (QED) is 0.413. The Labute approximate surface area is 213 Å². The summed E-state index contributed by atoms with van der Waals surface area (Å²) in [4.78, 5) is 29.9. The monoisotopic (exact) mass is 538 g/mol. The fourth-order valence-corrected chi connectivity index (χ4v) is 3.77. The van der Waals surface area contributed by atoms with Gasteiger partial charge < -0.3 is 20.1 Å². The lowest BCUT2D eigenvalue weighted by molar-refractivity contribution is -0.179. The number of hydrogen-bond donors (Lipinski definition) is 1. The van der Waals surface area contributed by atoms with Gasteiger partial charge in [-0.25, -0.2) is 14.1 Å². The molecule has 3 amide bonds. The van der Waals surface area contributed by atoms with Crippen LogP contribution in [0.25, 0.3) is 0 Å². The Balaban J connectivity index is 1.59. The number of rotatable bonds is 6. The highest BCUT2D eigenvalue weighted by Crippen LogP contribution is 2.39. The summed E-state index contributed by atoms with van der Waals surface area (Å²) in [6, 6.07) is 10.0. The molecule has 0 radical (unpaired) electrons. The van der Waals surface area contributed by atoms with Gasteiger partial charge in [0.15, 0.2) is 0 Å². The van der Waals surface area contributed by atoms with Gasteiger partial charge in [-0.1, -0.05) is 41.9 Å². The Morgan fingerprint density at radius 1 is 1.14 bits per heavy atom. The van der Waals surface area contributed by atoms with E-state index in [0.717, 1.165) is 24.7 Å². The van der Waals surface area contributed by atoms with Crippen molar-refractivity contribution in [2.45, 2.75) is 25.2 Å². The molecular formula is C24H19ClF4N4O4. The molecule has 0 bridgehead atoms. The van der Waals surface area contributed by atoms with Crippen LogP contribution in [0.5, 0.6) is 17.5 Å². The highest BCUT2D eigenvalue weighted by Gasteiger charge is 2.51. The summed E-state index contributed by atoms with van der Waals surface area (Å²) in [5.74, 6) is -2.59. The molecule has 0 saturated carbocycles. The van der Waals surface area contributed by atoms with Crippen LogP contribution in [0.2, 0.25) is 5.02 Å². The van der Waals surface area contributed by atoms with Gasteiger partial charge in [-0.3, -0.25) is 4.79 Å². The van der Waals surface area contributed by atoms with Crippen molar-refractivity contribution in [3.05, 3.63) is 71.0 Å². The van der Waals surface area contributed by atoms with E-state index in [2.05, 4.69) is 4.98 Å². The first kappa shape index (κ1) is 26.0. The lowest BCUT2D eigenvalue weighted by atomic mass is 10.1. The molecule has 8 nitrogen and oxygen atoms in total. The molecule has 2 heterocycles. The number of urea groups is 1. The Hall–Kier alpha value is -4.06. The second-order valence-corrected chi connectivity index (χ2v) is 8.45. The van der Waals surface area contributed by atoms with E-state index < -0.39 is 42.1 Å². The summed E-state index contributed by atoms with van der Waals surface area (Å²) in [6.45, 7) is 0.161. The highest BCUT2D eigenvalue weighted by molar-refractivity contribution is 6.32. The van der Waals surface area contributed by atoms with Crippen molar-refractivity contribution in [3.63, 3.8) is 0 Å². The largest absolute Gasteiger partial charge is 0.471 e.